The summed E-state index contributed by atoms with van der Waals surface area (Å²) in [6.45, 7) is 2.15. The highest BCUT2D eigenvalue weighted by molar-refractivity contribution is 5.68. The number of anilines is 1. The summed E-state index contributed by atoms with van der Waals surface area (Å²) in [5.41, 5.74) is 0.602. The van der Waals surface area contributed by atoms with Crippen molar-refractivity contribution in [3.8, 4) is 0 Å². The Balaban J connectivity index is 2.20. The molecule has 2 heterocycles. The molecule has 0 spiro atoms. The maximum Gasteiger partial charge on any atom is 0.305 e. The minimum Gasteiger partial charge on any atom is -0.481 e. The number of carbonyl (C=O) groups is 1. The predicted molar refractivity (Wildman–Crippen MR) is 56.3 cm³/mol. The first-order valence-corrected chi connectivity index (χ1v) is 4.80. The molecule has 0 amide bonds. The van der Waals surface area contributed by atoms with Crippen LogP contribution in [0.25, 0.3) is 5.65 Å². The first-order chi connectivity index (χ1) is 7.68. The molecule has 0 atom stereocenters. The van der Waals surface area contributed by atoms with Crippen LogP contribution >= 0.6 is 0 Å². The summed E-state index contributed by atoms with van der Waals surface area (Å²) in [5, 5.41) is 19.3. The number of carboxylic acid groups (broad SMARTS) is 1. The van der Waals surface area contributed by atoms with Crippen LogP contribution in [0.1, 0.15) is 12.2 Å². The number of rotatable bonds is 4. The lowest BCUT2D eigenvalue weighted by molar-refractivity contribution is -0.136. The first kappa shape index (κ1) is 10.3. The maximum atomic E-state index is 10.4. The topological polar surface area (TPSA) is 92.4 Å². The first-order valence-electron chi connectivity index (χ1n) is 4.80. The molecule has 0 bridgehead atoms. The Bertz CT molecular complexity index is 522. The van der Waals surface area contributed by atoms with Gasteiger partial charge in [0.25, 0.3) is 0 Å². The van der Waals surface area contributed by atoms with E-state index in [-0.39, 0.29) is 6.42 Å². The second kappa shape index (κ2) is 4.13. The molecule has 0 unspecified atom stereocenters. The van der Waals surface area contributed by atoms with Crippen molar-refractivity contribution >= 4 is 17.4 Å². The Morgan fingerprint density at radius 1 is 1.56 bits per heavy atom. The molecule has 0 fully saturated rings. The Hall–Kier alpha value is -2.18. The third-order valence-electron chi connectivity index (χ3n) is 2.13. The van der Waals surface area contributed by atoms with Crippen molar-refractivity contribution in [3.63, 3.8) is 0 Å². The Kier molecular flexibility index (Phi) is 2.67. The minimum absolute atomic E-state index is 0.0376. The summed E-state index contributed by atoms with van der Waals surface area (Å²) in [7, 11) is 0. The van der Waals surface area contributed by atoms with Crippen molar-refractivity contribution < 1.29 is 9.90 Å². The fourth-order valence-corrected chi connectivity index (χ4v) is 1.35. The van der Waals surface area contributed by atoms with E-state index >= 15 is 0 Å². The minimum atomic E-state index is -0.850. The smallest absolute Gasteiger partial charge is 0.305 e. The van der Waals surface area contributed by atoms with Crippen molar-refractivity contribution in [2.45, 2.75) is 13.3 Å². The standard InChI is InChI=1S/C9H11N5O2/c1-6-12-13-9-8(10-3-2-7(15)16)11-4-5-14(6)9/h4-5H,2-3H2,1H3,(H,10,11)(H,15,16). The molecule has 0 aliphatic rings. The van der Waals surface area contributed by atoms with Crippen LogP contribution in [0.3, 0.4) is 0 Å². The number of aliphatic carboxylic acids is 1. The molecular weight excluding hydrogens is 210 g/mol. The SMILES string of the molecule is Cc1nnc2c(NCCC(=O)O)nccn12. The zero-order valence-electron chi connectivity index (χ0n) is 8.71. The fraction of sp³-hybridized carbons (Fsp3) is 0.333. The molecule has 2 aromatic rings. The molecule has 0 saturated carbocycles. The largest absolute Gasteiger partial charge is 0.481 e. The van der Waals surface area contributed by atoms with Crippen LogP contribution in [0.4, 0.5) is 5.82 Å². The van der Waals surface area contributed by atoms with E-state index in [4.69, 9.17) is 5.11 Å². The summed E-state index contributed by atoms with van der Waals surface area (Å²) in [6.07, 6.45) is 3.41. The lowest BCUT2D eigenvalue weighted by Gasteiger charge is -2.04. The van der Waals surface area contributed by atoms with Gasteiger partial charge in [0, 0.05) is 18.9 Å². The van der Waals surface area contributed by atoms with E-state index in [0.717, 1.165) is 5.82 Å². The highest BCUT2D eigenvalue weighted by atomic mass is 16.4. The zero-order valence-corrected chi connectivity index (χ0v) is 8.71. The van der Waals surface area contributed by atoms with Gasteiger partial charge in [0.15, 0.2) is 5.82 Å². The molecule has 0 saturated heterocycles. The van der Waals surface area contributed by atoms with Gasteiger partial charge in [0.2, 0.25) is 5.65 Å². The maximum absolute atomic E-state index is 10.4. The number of carboxylic acids is 1. The zero-order chi connectivity index (χ0) is 11.5. The molecule has 16 heavy (non-hydrogen) atoms. The summed E-state index contributed by atoms with van der Waals surface area (Å²) in [4.78, 5) is 14.5. The number of nitrogens with one attached hydrogen (secondary N) is 1. The van der Waals surface area contributed by atoms with E-state index in [1.165, 1.54) is 0 Å². The normalized spacial score (nSPS) is 10.6. The molecule has 0 radical (unpaired) electrons. The Morgan fingerprint density at radius 2 is 2.38 bits per heavy atom. The van der Waals surface area contributed by atoms with E-state index in [2.05, 4.69) is 20.5 Å². The Morgan fingerprint density at radius 3 is 3.12 bits per heavy atom. The van der Waals surface area contributed by atoms with E-state index in [1.807, 2.05) is 6.92 Å². The van der Waals surface area contributed by atoms with Gasteiger partial charge in [0.05, 0.1) is 6.42 Å². The lowest BCUT2D eigenvalue weighted by Crippen LogP contribution is -2.09. The van der Waals surface area contributed by atoms with Gasteiger partial charge in [-0.25, -0.2) is 4.98 Å². The van der Waals surface area contributed by atoms with Gasteiger partial charge in [0.1, 0.15) is 5.82 Å². The summed E-state index contributed by atoms with van der Waals surface area (Å²) in [5.74, 6) is 0.458. The summed E-state index contributed by atoms with van der Waals surface area (Å²) < 4.78 is 1.79. The average Bonchev–Trinajstić information content (AvgIpc) is 2.61. The van der Waals surface area contributed by atoms with E-state index in [1.54, 1.807) is 16.8 Å². The van der Waals surface area contributed by atoms with Crippen molar-refractivity contribution in [2.24, 2.45) is 0 Å². The number of hydrogen-bond acceptors (Lipinski definition) is 5. The van der Waals surface area contributed by atoms with Gasteiger partial charge < -0.3 is 10.4 Å². The van der Waals surface area contributed by atoms with Gasteiger partial charge in [-0.3, -0.25) is 9.20 Å². The average molecular weight is 221 g/mol. The monoisotopic (exact) mass is 221 g/mol. The molecule has 0 aliphatic heterocycles. The van der Waals surface area contributed by atoms with Gasteiger partial charge in [-0.2, -0.15) is 0 Å². The lowest BCUT2D eigenvalue weighted by atomic mass is 10.4. The molecule has 2 aromatic heterocycles. The van der Waals surface area contributed by atoms with Gasteiger partial charge >= 0.3 is 5.97 Å². The highest BCUT2D eigenvalue weighted by Gasteiger charge is 2.07. The van der Waals surface area contributed by atoms with Crippen molar-refractivity contribution in [3.05, 3.63) is 18.2 Å². The number of fused-ring (bicyclic) bond motifs is 1. The molecule has 7 heteroatoms. The third-order valence-corrected chi connectivity index (χ3v) is 2.13. The molecule has 2 N–H and O–H groups in total. The van der Waals surface area contributed by atoms with Crippen molar-refractivity contribution in [1.82, 2.24) is 19.6 Å². The van der Waals surface area contributed by atoms with Crippen LogP contribution < -0.4 is 5.32 Å². The van der Waals surface area contributed by atoms with E-state index in [0.29, 0.717) is 18.0 Å². The van der Waals surface area contributed by atoms with Crippen molar-refractivity contribution in [1.29, 1.82) is 0 Å². The number of nitrogens with zero attached hydrogens (tertiary/aromatic N) is 4. The molecule has 84 valence electrons. The summed E-state index contributed by atoms with van der Waals surface area (Å²) in [6, 6.07) is 0. The van der Waals surface area contributed by atoms with Gasteiger partial charge in [-0.1, -0.05) is 0 Å². The molecule has 2 rings (SSSR count). The third kappa shape index (κ3) is 1.92. The number of hydrogen-bond donors (Lipinski definition) is 2. The number of aromatic nitrogens is 4. The molecular formula is C9H11N5O2. The van der Waals surface area contributed by atoms with Gasteiger partial charge in [-0.05, 0) is 6.92 Å². The highest BCUT2D eigenvalue weighted by Crippen LogP contribution is 2.11. The summed E-state index contributed by atoms with van der Waals surface area (Å²) >= 11 is 0. The Labute approximate surface area is 91.1 Å². The van der Waals surface area contributed by atoms with Crippen LogP contribution in [0.2, 0.25) is 0 Å². The van der Waals surface area contributed by atoms with Crippen LogP contribution in [0.15, 0.2) is 12.4 Å². The van der Waals surface area contributed by atoms with Crippen LogP contribution in [-0.4, -0.2) is 37.2 Å². The molecule has 7 nitrogen and oxygen atoms in total. The van der Waals surface area contributed by atoms with Crippen molar-refractivity contribution in [2.75, 3.05) is 11.9 Å². The van der Waals surface area contributed by atoms with Crippen LogP contribution in [-0.2, 0) is 4.79 Å². The number of aryl methyl sites for hydroxylation is 1. The second-order valence-electron chi connectivity index (χ2n) is 3.29. The predicted octanol–water partition coefficient (Wildman–Crippen LogP) is 0.319. The van der Waals surface area contributed by atoms with Gasteiger partial charge in [-0.15, -0.1) is 10.2 Å². The fourth-order valence-electron chi connectivity index (χ4n) is 1.35. The van der Waals surface area contributed by atoms with Crippen LogP contribution in [0.5, 0.6) is 0 Å². The second-order valence-corrected chi connectivity index (χ2v) is 3.29. The van der Waals surface area contributed by atoms with Crippen LogP contribution in [0, 0.1) is 6.92 Å². The molecule has 0 aromatic carbocycles. The quantitative estimate of drug-likeness (QED) is 0.772. The van der Waals surface area contributed by atoms with E-state index < -0.39 is 5.97 Å². The molecule has 0 aliphatic carbocycles. The van der Waals surface area contributed by atoms with E-state index in [9.17, 15) is 4.79 Å².